The number of hydrogen-bond donors (Lipinski definition) is 1. The lowest BCUT2D eigenvalue weighted by molar-refractivity contribution is 0.0693. The van der Waals surface area contributed by atoms with Crippen LogP contribution in [0.4, 0.5) is 0 Å². The molecule has 1 amide bonds. The second-order valence-corrected chi connectivity index (χ2v) is 5.44. The largest absolute Gasteiger partial charge is 0.478 e. The average molecular weight is 280 g/mol. The van der Waals surface area contributed by atoms with Crippen LogP contribution in [0.3, 0.4) is 0 Å². The number of carboxylic acid groups (broad SMARTS) is 1. The molecule has 1 aliphatic heterocycles. The van der Waals surface area contributed by atoms with Gasteiger partial charge in [-0.1, -0.05) is 0 Å². The van der Waals surface area contributed by atoms with Gasteiger partial charge in [-0.2, -0.15) is 0 Å². The maximum Gasteiger partial charge on any atom is 0.338 e. The molecule has 1 aromatic rings. The first kappa shape index (κ1) is 14.6. The van der Waals surface area contributed by atoms with Crippen LogP contribution in [0.1, 0.15) is 33.8 Å². The zero-order valence-electron chi connectivity index (χ0n) is 11.8. The van der Waals surface area contributed by atoms with Crippen LogP contribution in [0.5, 0.6) is 0 Å². The van der Waals surface area contributed by atoms with Gasteiger partial charge < -0.3 is 19.3 Å². The molecular weight excluding hydrogens is 260 g/mol. The fourth-order valence-corrected chi connectivity index (χ4v) is 2.46. The smallest absolute Gasteiger partial charge is 0.338 e. The minimum absolute atomic E-state index is 0.000964. The minimum Gasteiger partial charge on any atom is -0.478 e. The normalized spacial score (nSPS) is 17.1. The first-order valence-electron chi connectivity index (χ1n) is 6.73. The predicted molar refractivity (Wildman–Crippen MR) is 72.8 cm³/mol. The van der Waals surface area contributed by atoms with Crippen LogP contribution in [0.15, 0.2) is 16.7 Å². The second-order valence-electron chi connectivity index (χ2n) is 5.44. The van der Waals surface area contributed by atoms with Crippen molar-refractivity contribution < 1.29 is 19.1 Å². The monoisotopic (exact) mass is 280 g/mol. The molecule has 1 aromatic heterocycles. The number of nitrogens with zero attached hydrogens (tertiary/aromatic N) is 2. The van der Waals surface area contributed by atoms with E-state index in [4.69, 9.17) is 9.52 Å². The van der Waals surface area contributed by atoms with Gasteiger partial charge in [0.15, 0.2) is 5.76 Å². The summed E-state index contributed by atoms with van der Waals surface area (Å²) in [5, 5.41) is 8.81. The lowest BCUT2D eigenvalue weighted by atomic mass is 9.96. The van der Waals surface area contributed by atoms with Gasteiger partial charge in [0.2, 0.25) is 0 Å². The highest BCUT2D eigenvalue weighted by Crippen LogP contribution is 2.18. The van der Waals surface area contributed by atoms with Gasteiger partial charge in [0.25, 0.3) is 5.91 Å². The molecule has 0 saturated carbocycles. The van der Waals surface area contributed by atoms with Crippen LogP contribution < -0.4 is 0 Å². The molecule has 0 aliphatic carbocycles. The summed E-state index contributed by atoms with van der Waals surface area (Å²) in [5.74, 6) is -0.783. The summed E-state index contributed by atoms with van der Waals surface area (Å²) in [6, 6.07) is 1.27. The highest BCUT2D eigenvalue weighted by atomic mass is 16.4. The van der Waals surface area contributed by atoms with E-state index in [-0.39, 0.29) is 17.2 Å². The van der Waals surface area contributed by atoms with Crippen LogP contribution >= 0.6 is 0 Å². The molecule has 0 unspecified atom stereocenters. The Kier molecular flexibility index (Phi) is 4.44. The summed E-state index contributed by atoms with van der Waals surface area (Å²) in [6.45, 7) is 2.78. The van der Waals surface area contributed by atoms with E-state index in [2.05, 4.69) is 11.9 Å². The van der Waals surface area contributed by atoms with Gasteiger partial charge in [0.05, 0.1) is 5.56 Å². The highest BCUT2D eigenvalue weighted by Gasteiger charge is 2.23. The number of rotatable bonds is 4. The third kappa shape index (κ3) is 3.39. The summed E-state index contributed by atoms with van der Waals surface area (Å²) in [4.78, 5) is 26.8. The SMILES string of the molecule is CN1CCC(CN(C)C(=O)c2cc(C(=O)O)co2)CC1. The molecule has 110 valence electrons. The van der Waals surface area contributed by atoms with E-state index >= 15 is 0 Å². The Labute approximate surface area is 118 Å². The van der Waals surface area contributed by atoms with Crippen molar-refractivity contribution in [1.29, 1.82) is 0 Å². The lowest BCUT2D eigenvalue weighted by Gasteiger charge is -2.31. The van der Waals surface area contributed by atoms with Gasteiger partial charge in [-0.15, -0.1) is 0 Å². The van der Waals surface area contributed by atoms with Crippen molar-refractivity contribution >= 4 is 11.9 Å². The number of likely N-dealkylation sites (tertiary alicyclic amines) is 1. The molecule has 6 heteroatoms. The Hall–Kier alpha value is -1.82. The predicted octanol–water partition coefficient (Wildman–Crippen LogP) is 1.39. The van der Waals surface area contributed by atoms with Crippen molar-refractivity contribution in [2.24, 2.45) is 5.92 Å². The molecule has 0 atom stereocenters. The third-order valence-corrected chi connectivity index (χ3v) is 3.77. The van der Waals surface area contributed by atoms with E-state index in [1.165, 1.54) is 6.07 Å². The topological polar surface area (TPSA) is 74.0 Å². The maximum absolute atomic E-state index is 12.1. The van der Waals surface area contributed by atoms with E-state index in [0.717, 1.165) is 32.2 Å². The highest BCUT2D eigenvalue weighted by molar-refractivity contribution is 5.95. The zero-order chi connectivity index (χ0) is 14.7. The number of amides is 1. The number of piperidine rings is 1. The summed E-state index contributed by atoms with van der Waals surface area (Å²) < 4.78 is 5.03. The molecule has 6 nitrogen and oxygen atoms in total. The second kappa shape index (κ2) is 6.09. The molecule has 1 N–H and O–H groups in total. The van der Waals surface area contributed by atoms with Gasteiger partial charge >= 0.3 is 5.97 Å². The van der Waals surface area contributed by atoms with Gasteiger partial charge in [-0.05, 0) is 38.9 Å². The standard InChI is InChI=1S/C14H20N2O4/c1-15-5-3-10(4-6-15)8-16(2)13(17)12-7-11(9-20-12)14(18)19/h7,9-10H,3-6,8H2,1-2H3,(H,18,19). The van der Waals surface area contributed by atoms with Crippen molar-refractivity contribution in [2.45, 2.75) is 12.8 Å². The van der Waals surface area contributed by atoms with Gasteiger partial charge in [0.1, 0.15) is 6.26 Å². The number of carboxylic acids is 1. The van der Waals surface area contributed by atoms with Crippen molar-refractivity contribution in [3.63, 3.8) is 0 Å². The van der Waals surface area contributed by atoms with Crippen molar-refractivity contribution in [3.8, 4) is 0 Å². The number of aromatic carboxylic acids is 1. The Bertz CT molecular complexity index is 489. The molecule has 1 fully saturated rings. The molecule has 0 bridgehead atoms. The van der Waals surface area contributed by atoms with Crippen molar-refractivity contribution in [1.82, 2.24) is 9.80 Å². The zero-order valence-corrected chi connectivity index (χ0v) is 11.8. The van der Waals surface area contributed by atoms with Crippen LogP contribution in [-0.2, 0) is 0 Å². The molecule has 2 heterocycles. The number of furan rings is 1. The minimum atomic E-state index is -1.09. The molecule has 20 heavy (non-hydrogen) atoms. The fourth-order valence-electron chi connectivity index (χ4n) is 2.46. The Morgan fingerprint density at radius 3 is 2.65 bits per heavy atom. The van der Waals surface area contributed by atoms with Crippen LogP contribution in [0.25, 0.3) is 0 Å². The van der Waals surface area contributed by atoms with E-state index in [1.54, 1.807) is 11.9 Å². The van der Waals surface area contributed by atoms with E-state index in [1.807, 2.05) is 0 Å². The molecule has 0 spiro atoms. The average Bonchev–Trinajstić information content (AvgIpc) is 2.90. The fraction of sp³-hybridized carbons (Fsp3) is 0.571. The van der Waals surface area contributed by atoms with E-state index in [0.29, 0.717) is 12.5 Å². The lowest BCUT2D eigenvalue weighted by Crippen LogP contribution is -2.37. The van der Waals surface area contributed by atoms with Crippen LogP contribution in [0.2, 0.25) is 0 Å². The van der Waals surface area contributed by atoms with Crippen molar-refractivity contribution in [2.75, 3.05) is 33.7 Å². The maximum atomic E-state index is 12.1. The van der Waals surface area contributed by atoms with Crippen LogP contribution in [0, 0.1) is 5.92 Å². The number of carbonyl (C=O) groups is 2. The third-order valence-electron chi connectivity index (χ3n) is 3.77. The molecule has 1 saturated heterocycles. The Morgan fingerprint density at radius 2 is 2.10 bits per heavy atom. The Balaban J connectivity index is 1.92. The van der Waals surface area contributed by atoms with Crippen LogP contribution in [-0.4, -0.2) is 60.5 Å². The molecule has 0 aromatic carbocycles. The number of hydrogen-bond acceptors (Lipinski definition) is 4. The van der Waals surface area contributed by atoms with Gasteiger partial charge in [-0.25, -0.2) is 4.79 Å². The summed E-state index contributed by atoms with van der Waals surface area (Å²) in [5.41, 5.74) is 0.000964. The Morgan fingerprint density at radius 1 is 1.45 bits per heavy atom. The van der Waals surface area contributed by atoms with E-state index < -0.39 is 5.97 Å². The quantitative estimate of drug-likeness (QED) is 0.902. The first-order chi connectivity index (χ1) is 9.47. The number of carbonyl (C=O) groups excluding carboxylic acids is 1. The summed E-state index contributed by atoms with van der Waals surface area (Å²) in [7, 11) is 3.82. The molecule has 2 rings (SSSR count). The van der Waals surface area contributed by atoms with Gasteiger partial charge in [0, 0.05) is 19.7 Å². The first-order valence-corrected chi connectivity index (χ1v) is 6.73. The summed E-state index contributed by atoms with van der Waals surface area (Å²) >= 11 is 0. The molecule has 1 aliphatic rings. The van der Waals surface area contributed by atoms with E-state index in [9.17, 15) is 9.59 Å². The molecule has 0 radical (unpaired) electrons. The molecular formula is C14H20N2O4. The van der Waals surface area contributed by atoms with Gasteiger partial charge in [-0.3, -0.25) is 4.79 Å². The van der Waals surface area contributed by atoms with Crippen molar-refractivity contribution in [3.05, 3.63) is 23.7 Å². The summed E-state index contributed by atoms with van der Waals surface area (Å²) in [6.07, 6.45) is 3.25.